The molecule has 0 bridgehead atoms. The number of benzene rings is 1. The first-order valence-corrected chi connectivity index (χ1v) is 6.43. The van der Waals surface area contributed by atoms with Crippen LogP contribution in [0.25, 0.3) is 0 Å². The Morgan fingerprint density at radius 1 is 1.44 bits per heavy atom. The Morgan fingerprint density at radius 2 is 2.11 bits per heavy atom. The highest BCUT2D eigenvalue weighted by atomic mass is 35.5. The first-order valence-electron chi connectivity index (χ1n) is 6.05. The van der Waals surface area contributed by atoms with Crippen molar-refractivity contribution in [2.24, 2.45) is 5.92 Å². The van der Waals surface area contributed by atoms with Gasteiger partial charge in [-0.3, -0.25) is 9.69 Å². The number of rotatable bonds is 3. The Bertz CT molecular complexity index is 443. The van der Waals surface area contributed by atoms with Crippen LogP contribution in [0.15, 0.2) is 18.2 Å². The summed E-state index contributed by atoms with van der Waals surface area (Å²) in [6, 6.07) is 5.52. The summed E-state index contributed by atoms with van der Waals surface area (Å²) >= 11 is 6.13. The van der Waals surface area contributed by atoms with Gasteiger partial charge in [0.2, 0.25) is 0 Å². The van der Waals surface area contributed by atoms with Gasteiger partial charge in [-0.25, -0.2) is 0 Å². The predicted octanol–water partition coefficient (Wildman–Crippen LogP) is 2.22. The fourth-order valence-corrected chi connectivity index (χ4v) is 2.52. The zero-order valence-electron chi connectivity index (χ0n) is 10.1. The number of anilines is 1. The number of nitrogens with two attached hydrogens (primary N) is 1. The zero-order chi connectivity index (χ0) is 13.1. The van der Waals surface area contributed by atoms with Gasteiger partial charge >= 0.3 is 5.97 Å². The molecule has 1 aliphatic rings. The third kappa shape index (κ3) is 3.15. The van der Waals surface area contributed by atoms with E-state index in [1.54, 1.807) is 6.07 Å². The smallest absolute Gasteiger partial charge is 0.306 e. The standard InChI is InChI=1S/C13H17ClN2O2/c14-12-7-11(15)2-1-10(12)8-16-5-3-9(4-6-16)13(17)18/h1-2,7,9H,3-6,8,15H2,(H,17,18). The summed E-state index contributed by atoms with van der Waals surface area (Å²) in [5.41, 5.74) is 7.35. The van der Waals surface area contributed by atoms with E-state index in [0.717, 1.165) is 25.2 Å². The van der Waals surface area contributed by atoms with Gasteiger partial charge in [-0.15, -0.1) is 0 Å². The summed E-state index contributed by atoms with van der Waals surface area (Å²) in [6.07, 6.45) is 1.42. The van der Waals surface area contributed by atoms with E-state index in [0.29, 0.717) is 23.6 Å². The Hall–Kier alpha value is -1.26. The molecule has 0 saturated carbocycles. The molecule has 1 fully saturated rings. The van der Waals surface area contributed by atoms with Gasteiger partial charge in [-0.1, -0.05) is 17.7 Å². The average Bonchev–Trinajstić information content (AvgIpc) is 2.33. The van der Waals surface area contributed by atoms with Crippen LogP contribution in [0.2, 0.25) is 5.02 Å². The van der Waals surface area contributed by atoms with Crippen LogP contribution in [0.5, 0.6) is 0 Å². The average molecular weight is 269 g/mol. The number of piperidine rings is 1. The van der Waals surface area contributed by atoms with Crippen LogP contribution >= 0.6 is 11.6 Å². The molecule has 0 aromatic heterocycles. The maximum Gasteiger partial charge on any atom is 0.306 e. The second-order valence-corrected chi connectivity index (χ2v) is 5.15. The molecule has 4 nitrogen and oxygen atoms in total. The van der Waals surface area contributed by atoms with Crippen LogP contribution in [0.1, 0.15) is 18.4 Å². The topological polar surface area (TPSA) is 66.6 Å². The lowest BCUT2D eigenvalue weighted by Crippen LogP contribution is -2.35. The lowest BCUT2D eigenvalue weighted by molar-refractivity contribution is -0.143. The lowest BCUT2D eigenvalue weighted by atomic mass is 9.97. The van der Waals surface area contributed by atoms with Crippen LogP contribution in [-0.2, 0) is 11.3 Å². The SMILES string of the molecule is Nc1ccc(CN2CCC(C(=O)O)CC2)c(Cl)c1. The molecule has 1 aromatic carbocycles. The van der Waals surface area contributed by atoms with Gasteiger partial charge in [0.1, 0.15) is 0 Å². The molecule has 0 spiro atoms. The summed E-state index contributed by atoms with van der Waals surface area (Å²) in [4.78, 5) is 13.1. The van der Waals surface area contributed by atoms with E-state index < -0.39 is 5.97 Å². The van der Waals surface area contributed by atoms with Crippen molar-refractivity contribution in [3.8, 4) is 0 Å². The summed E-state index contributed by atoms with van der Waals surface area (Å²) in [7, 11) is 0. The van der Waals surface area contributed by atoms with E-state index in [1.165, 1.54) is 0 Å². The van der Waals surface area contributed by atoms with E-state index in [-0.39, 0.29) is 5.92 Å². The van der Waals surface area contributed by atoms with Gasteiger partial charge in [0, 0.05) is 17.3 Å². The first-order chi connectivity index (χ1) is 8.56. The van der Waals surface area contributed by atoms with Crippen molar-refractivity contribution in [2.75, 3.05) is 18.8 Å². The number of likely N-dealkylation sites (tertiary alicyclic amines) is 1. The summed E-state index contributed by atoms with van der Waals surface area (Å²) in [6.45, 7) is 2.36. The van der Waals surface area contributed by atoms with Crippen molar-refractivity contribution in [1.29, 1.82) is 0 Å². The van der Waals surface area contributed by atoms with Crippen LogP contribution in [0.4, 0.5) is 5.69 Å². The molecule has 98 valence electrons. The fourth-order valence-electron chi connectivity index (χ4n) is 2.27. The Balaban J connectivity index is 1.93. The molecule has 1 aromatic rings. The number of aliphatic carboxylic acids is 1. The number of halogens is 1. The minimum atomic E-state index is -0.680. The van der Waals surface area contributed by atoms with Crippen molar-refractivity contribution >= 4 is 23.3 Å². The number of carboxylic acid groups (broad SMARTS) is 1. The van der Waals surface area contributed by atoms with Crippen molar-refractivity contribution < 1.29 is 9.90 Å². The molecular formula is C13H17ClN2O2. The molecular weight excluding hydrogens is 252 g/mol. The number of carbonyl (C=O) groups is 1. The second kappa shape index (κ2) is 5.59. The normalized spacial score (nSPS) is 17.8. The van der Waals surface area contributed by atoms with Crippen LogP contribution < -0.4 is 5.73 Å². The maximum absolute atomic E-state index is 10.9. The predicted molar refractivity (Wildman–Crippen MR) is 71.5 cm³/mol. The molecule has 3 N–H and O–H groups in total. The van der Waals surface area contributed by atoms with Gasteiger partial charge in [0.25, 0.3) is 0 Å². The van der Waals surface area contributed by atoms with E-state index in [9.17, 15) is 4.79 Å². The third-order valence-electron chi connectivity index (χ3n) is 3.41. The number of hydrogen-bond donors (Lipinski definition) is 2. The molecule has 0 aliphatic carbocycles. The molecule has 0 radical (unpaired) electrons. The van der Waals surface area contributed by atoms with Crippen molar-refractivity contribution in [2.45, 2.75) is 19.4 Å². The maximum atomic E-state index is 10.9. The molecule has 0 atom stereocenters. The number of nitrogen functional groups attached to an aromatic ring is 1. The first kappa shape index (κ1) is 13.2. The van der Waals surface area contributed by atoms with Crippen molar-refractivity contribution in [3.05, 3.63) is 28.8 Å². The molecule has 1 aliphatic heterocycles. The van der Waals surface area contributed by atoms with Gasteiger partial charge in [0.15, 0.2) is 0 Å². The highest BCUT2D eigenvalue weighted by molar-refractivity contribution is 6.31. The number of carboxylic acids is 1. The lowest BCUT2D eigenvalue weighted by Gasteiger charge is -2.30. The van der Waals surface area contributed by atoms with E-state index >= 15 is 0 Å². The Labute approximate surface area is 111 Å². The highest BCUT2D eigenvalue weighted by Gasteiger charge is 2.24. The molecule has 0 unspecified atom stereocenters. The van der Waals surface area contributed by atoms with Crippen molar-refractivity contribution in [3.63, 3.8) is 0 Å². The van der Waals surface area contributed by atoms with Crippen molar-refractivity contribution in [1.82, 2.24) is 4.90 Å². The summed E-state index contributed by atoms with van der Waals surface area (Å²) < 4.78 is 0. The molecule has 2 rings (SSSR count). The van der Waals surface area contributed by atoms with Gasteiger partial charge in [0.05, 0.1) is 5.92 Å². The zero-order valence-corrected chi connectivity index (χ0v) is 10.9. The Kier molecular flexibility index (Phi) is 4.09. The second-order valence-electron chi connectivity index (χ2n) is 4.74. The molecule has 1 saturated heterocycles. The Morgan fingerprint density at radius 3 is 2.67 bits per heavy atom. The van der Waals surface area contributed by atoms with Gasteiger partial charge in [-0.05, 0) is 43.6 Å². The van der Waals surface area contributed by atoms with E-state index in [1.807, 2.05) is 12.1 Å². The monoisotopic (exact) mass is 268 g/mol. The number of hydrogen-bond acceptors (Lipinski definition) is 3. The van der Waals surface area contributed by atoms with E-state index in [4.69, 9.17) is 22.4 Å². The molecule has 18 heavy (non-hydrogen) atoms. The minimum Gasteiger partial charge on any atom is -0.481 e. The largest absolute Gasteiger partial charge is 0.481 e. The quantitative estimate of drug-likeness (QED) is 0.825. The third-order valence-corrected chi connectivity index (χ3v) is 3.76. The minimum absolute atomic E-state index is 0.192. The summed E-state index contributed by atoms with van der Waals surface area (Å²) in [5, 5.41) is 9.61. The van der Waals surface area contributed by atoms with E-state index in [2.05, 4.69) is 4.90 Å². The fraction of sp³-hybridized carbons (Fsp3) is 0.462. The molecule has 1 heterocycles. The summed E-state index contributed by atoms with van der Waals surface area (Å²) in [5.74, 6) is -0.872. The van der Waals surface area contributed by atoms with Gasteiger partial charge in [-0.2, -0.15) is 0 Å². The molecule has 5 heteroatoms. The molecule has 0 amide bonds. The van der Waals surface area contributed by atoms with Crippen LogP contribution in [0, 0.1) is 5.92 Å². The van der Waals surface area contributed by atoms with Crippen LogP contribution in [-0.4, -0.2) is 29.1 Å². The number of nitrogens with zero attached hydrogens (tertiary/aromatic N) is 1. The highest BCUT2D eigenvalue weighted by Crippen LogP contribution is 2.24. The van der Waals surface area contributed by atoms with Crippen LogP contribution in [0.3, 0.4) is 0 Å². The van der Waals surface area contributed by atoms with Gasteiger partial charge < -0.3 is 10.8 Å².